The van der Waals surface area contributed by atoms with Gasteiger partial charge >= 0.3 is 0 Å². The molecule has 228 valence electrons. The zero-order valence-corrected chi connectivity index (χ0v) is 24.9. The summed E-state index contributed by atoms with van der Waals surface area (Å²) in [4.78, 5) is 42.5. The summed E-state index contributed by atoms with van der Waals surface area (Å²) in [6.07, 6.45) is 1.58. The molecule has 0 saturated carbocycles. The first kappa shape index (κ1) is 32.4. The highest BCUT2D eigenvalue weighted by atomic mass is 16.5. The Hall–Kier alpha value is -4.09. The maximum Gasteiger partial charge on any atom is 0.272 e. The number of aromatic nitrogens is 1. The first-order valence-electron chi connectivity index (χ1n) is 13.8. The summed E-state index contributed by atoms with van der Waals surface area (Å²) in [5, 5.41) is 23.3. The third-order valence-corrected chi connectivity index (χ3v) is 7.32. The number of ether oxygens (including phenoxy) is 3. The van der Waals surface area contributed by atoms with Gasteiger partial charge in [0, 0.05) is 22.7 Å². The number of H-pyrrole nitrogens is 1. The van der Waals surface area contributed by atoms with Crippen molar-refractivity contribution in [3.63, 3.8) is 0 Å². The molecule has 0 radical (unpaired) electrons. The number of methoxy groups -OCH3 is 3. The van der Waals surface area contributed by atoms with Crippen molar-refractivity contribution < 1.29 is 38.9 Å². The summed E-state index contributed by atoms with van der Waals surface area (Å²) < 4.78 is 16.2. The Labute approximate surface area is 245 Å². The molecule has 42 heavy (non-hydrogen) atoms. The lowest BCUT2D eigenvalue weighted by Crippen LogP contribution is -2.53. The van der Waals surface area contributed by atoms with E-state index in [-0.39, 0.29) is 12.2 Å². The Balaban J connectivity index is 1.77. The second-order valence-corrected chi connectivity index (χ2v) is 11.2. The molecule has 0 aliphatic heterocycles. The van der Waals surface area contributed by atoms with Crippen LogP contribution in [-0.2, 0) is 16.0 Å². The lowest BCUT2D eigenvalue weighted by atomic mass is 9.81. The molecular formula is C31H41N3O8. The molecular weight excluding hydrogens is 542 g/mol. The van der Waals surface area contributed by atoms with E-state index >= 15 is 0 Å². The first-order valence-corrected chi connectivity index (χ1v) is 13.8. The van der Waals surface area contributed by atoms with Crippen LogP contribution in [0.25, 0.3) is 10.9 Å². The third kappa shape index (κ3) is 7.40. The molecule has 0 bridgehead atoms. The highest BCUT2D eigenvalue weighted by molar-refractivity contribution is 6.11. The van der Waals surface area contributed by atoms with Crippen LogP contribution in [0.1, 0.15) is 56.0 Å². The number of aliphatic hydroxyl groups excluding tert-OH is 1. The minimum atomic E-state index is -1.82. The molecule has 5 N–H and O–H groups in total. The Bertz CT molecular complexity index is 1370. The summed E-state index contributed by atoms with van der Waals surface area (Å²) in [5.74, 6) is -1.75. The molecule has 11 nitrogen and oxygen atoms in total. The molecule has 2 aromatic carbocycles. The molecule has 0 aliphatic carbocycles. The molecule has 3 rings (SSSR count). The summed E-state index contributed by atoms with van der Waals surface area (Å²) in [7, 11) is 4.59. The van der Waals surface area contributed by atoms with Gasteiger partial charge in [0.1, 0.15) is 6.10 Å². The van der Waals surface area contributed by atoms with Crippen LogP contribution in [0.4, 0.5) is 0 Å². The number of ketones is 1. The van der Waals surface area contributed by atoms with E-state index in [0.717, 1.165) is 16.5 Å². The lowest BCUT2D eigenvalue weighted by Gasteiger charge is -2.32. The van der Waals surface area contributed by atoms with Crippen molar-refractivity contribution >= 4 is 28.5 Å². The van der Waals surface area contributed by atoms with Gasteiger partial charge in [0.2, 0.25) is 11.7 Å². The standard InChI is InChI=1S/C31H41N3O8/c1-31(2,3)28(25(35)21-17-32-22-14-10-9-12-19(21)22)33-29(37)20(26(36)30(38)34-39)13-8-7-11-18-15-23(40-4)27(42-6)24(16-18)41-5/h9-10,12,14-17,20,26,28,32,36,39H,7-8,11,13H2,1-6H3,(H,33,37)(H,34,38)/t20-,26+,28-/m1/s1. The van der Waals surface area contributed by atoms with Crippen LogP contribution in [0.15, 0.2) is 42.6 Å². The maximum absolute atomic E-state index is 13.7. The normalized spacial score (nSPS) is 13.6. The summed E-state index contributed by atoms with van der Waals surface area (Å²) in [6.45, 7) is 5.48. The SMILES string of the molecule is COc1cc(CCCC[C@@H](C(=O)N[C@H](C(=O)c2c[nH]c3ccccc23)C(C)(C)C)[C@H](O)C(=O)NO)cc(OC)c1OC. The van der Waals surface area contributed by atoms with E-state index in [1.807, 2.05) is 57.2 Å². The first-order chi connectivity index (χ1) is 20.0. The highest BCUT2D eigenvalue weighted by Gasteiger charge is 2.38. The van der Waals surface area contributed by atoms with Gasteiger partial charge in [-0.2, -0.15) is 0 Å². The van der Waals surface area contributed by atoms with Crippen molar-refractivity contribution in [2.75, 3.05) is 21.3 Å². The summed E-state index contributed by atoms with van der Waals surface area (Å²) in [6, 6.07) is 10.1. The molecule has 1 heterocycles. The molecule has 0 spiro atoms. The number of rotatable bonds is 14. The Morgan fingerprint density at radius 2 is 1.60 bits per heavy atom. The second-order valence-electron chi connectivity index (χ2n) is 11.2. The van der Waals surface area contributed by atoms with E-state index in [1.54, 1.807) is 6.20 Å². The Morgan fingerprint density at radius 3 is 2.17 bits per heavy atom. The van der Waals surface area contributed by atoms with Gasteiger partial charge in [-0.3, -0.25) is 19.6 Å². The average molecular weight is 584 g/mol. The van der Waals surface area contributed by atoms with Crippen LogP contribution in [0, 0.1) is 11.3 Å². The Morgan fingerprint density at radius 1 is 0.952 bits per heavy atom. The van der Waals surface area contributed by atoms with E-state index in [4.69, 9.17) is 19.4 Å². The van der Waals surface area contributed by atoms with Crippen molar-refractivity contribution in [3.05, 3.63) is 53.7 Å². The fourth-order valence-corrected chi connectivity index (χ4v) is 5.01. The van der Waals surface area contributed by atoms with Crippen LogP contribution < -0.4 is 25.0 Å². The fourth-order valence-electron chi connectivity index (χ4n) is 5.01. The number of aryl methyl sites for hydroxylation is 1. The van der Waals surface area contributed by atoms with Crippen molar-refractivity contribution in [2.45, 2.75) is 58.6 Å². The molecule has 3 atom stereocenters. The smallest absolute Gasteiger partial charge is 0.272 e. The quantitative estimate of drug-likeness (QED) is 0.0829. The van der Waals surface area contributed by atoms with E-state index in [2.05, 4.69) is 10.3 Å². The van der Waals surface area contributed by atoms with Gasteiger partial charge in [0.25, 0.3) is 5.91 Å². The predicted octanol–water partition coefficient (Wildman–Crippen LogP) is 3.80. The van der Waals surface area contributed by atoms with Gasteiger partial charge in [-0.15, -0.1) is 0 Å². The number of benzene rings is 2. The van der Waals surface area contributed by atoms with Crippen LogP contribution in [-0.4, -0.2) is 66.4 Å². The monoisotopic (exact) mass is 583 g/mol. The topological polar surface area (TPSA) is 159 Å². The van der Waals surface area contributed by atoms with E-state index < -0.39 is 35.3 Å². The number of hydrogen-bond acceptors (Lipinski definition) is 8. The minimum absolute atomic E-state index is 0.128. The van der Waals surface area contributed by atoms with Crippen LogP contribution in [0.3, 0.4) is 0 Å². The maximum atomic E-state index is 13.7. The Kier molecular flexibility index (Phi) is 11.0. The van der Waals surface area contributed by atoms with Crippen molar-refractivity contribution in [2.24, 2.45) is 11.3 Å². The van der Waals surface area contributed by atoms with E-state index in [1.165, 1.54) is 26.8 Å². The number of carbonyl (C=O) groups is 3. The number of aliphatic hydroxyl groups is 1. The van der Waals surface area contributed by atoms with Gasteiger partial charge in [-0.25, -0.2) is 5.48 Å². The number of nitrogens with one attached hydrogen (secondary N) is 3. The number of carbonyl (C=O) groups excluding carboxylic acids is 3. The van der Waals surface area contributed by atoms with Crippen LogP contribution >= 0.6 is 0 Å². The molecule has 2 amide bonds. The minimum Gasteiger partial charge on any atom is -0.493 e. The summed E-state index contributed by atoms with van der Waals surface area (Å²) in [5.41, 5.74) is 2.87. The van der Waals surface area contributed by atoms with E-state index in [0.29, 0.717) is 42.1 Å². The highest BCUT2D eigenvalue weighted by Crippen LogP contribution is 2.38. The molecule has 3 aromatic rings. The van der Waals surface area contributed by atoms with Gasteiger partial charge in [0.05, 0.1) is 33.3 Å². The number of Topliss-reactive ketones (excluding diaryl/α,β-unsaturated/α-hetero) is 1. The number of para-hydroxylation sites is 1. The fraction of sp³-hybridized carbons (Fsp3) is 0.452. The van der Waals surface area contributed by atoms with Crippen LogP contribution in [0.5, 0.6) is 17.2 Å². The molecule has 1 aromatic heterocycles. The predicted molar refractivity (Wildman–Crippen MR) is 157 cm³/mol. The molecule has 0 unspecified atom stereocenters. The number of hydrogen-bond donors (Lipinski definition) is 5. The van der Waals surface area contributed by atoms with E-state index in [9.17, 15) is 19.5 Å². The lowest BCUT2D eigenvalue weighted by molar-refractivity contribution is -0.146. The zero-order chi connectivity index (χ0) is 31.0. The van der Waals surface area contributed by atoms with Gasteiger partial charge < -0.3 is 29.6 Å². The molecule has 0 fully saturated rings. The van der Waals surface area contributed by atoms with Crippen LogP contribution in [0.2, 0.25) is 0 Å². The average Bonchev–Trinajstić information content (AvgIpc) is 3.41. The number of amides is 2. The molecule has 11 heteroatoms. The molecule has 0 saturated heterocycles. The van der Waals surface area contributed by atoms with Gasteiger partial charge in [-0.05, 0) is 48.4 Å². The van der Waals surface area contributed by atoms with Crippen molar-refractivity contribution in [1.82, 2.24) is 15.8 Å². The van der Waals surface area contributed by atoms with Gasteiger partial charge in [0.15, 0.2) is 17.3 Å². The number of fused-ring (bicyclic) bond motifs is 1. The second kappa shape index (κ2) is 14.2. The molecule has 0 aliphatic rings. The zero-order valence-electron chi connectivity index (χ0n) is 24.9. The van der Waals surface area contributed by atoms with Gasteiger partial charge in [-0.1, -0.05) is 45.4 Å². The summed E-state index contributed by atoms with van der Waals surface area (Å²) >= 11 is 0. The van der Waals surface area contributed by atoms with Crippen molar-refractivity contribution in [1.29, 1.82) is 0 Å². The largest absolute Gasteiger partial charge is 0.493 e. The number of unbranched alkanes of at least 4 members (excludes halogenated alkanes) is 1. The third-order valence-electron chi connectivity index (χ3n) is 7.32. The number of aromatic amines is 1. The number of hydroxylamine groups is 1. The van der Waals surface area contributed by atoms with Crippen molar-refractivity contribution in [3.8, 4) is 17.2 Å².